The van der Waals surface area contributed by atoms with Crippen LogP contribution < -0.4 is 5.32 Å². The Hall–Kier alpha value is -2.37. The number of nitrogens with one attached hydrogen (secondary N) is 1. The molecule has 0 spiro atoms. The number of likely N-dealkylation sites (tertiary alicyclic amines) is 1. The van der Waals surface area contributed by atoms with Crippen LogP contribution in [0.2, 0.25) is 0 Å². The molecule has 142 valence electrons. The van der Waals surface area contributed by atoms with Gasteiger partial charge in [-0.05, 0) is 52.2 Å². The number of Topliss-reactive ketones (excluding diaryl/α,β-unsaturated/α-hetero) is 1. The van der Waals surface area contributed by atoms with Crippen LogP contribution in [-0.2, 0) is 9.53 Å². The van der Waals surface area contributed by atoms with E-state index in [4.69, 9.17) is 4.74 Å². The lowest BCUT2D eigenvalue weighted by Gasteiger charge is -2.25. The standard InChI is InChI=1S/C20H28N2O4/c1-13-7-6-8-15(14(13)2)18(24)16-9-10-17(23)22(16)12-11-21-19(25)26-20(3,4)5/h6-8,16H,9-12H2,1-5H3,(H,21,25)/t16-/m0/s1. The summed E-state index contributed by atoms with van der Waals surface area (Å²) in [6.07, 6.45) is 0.340. The minimum atomic E-state index is -0.575. The molecule has 0 aliphatic carbocycles. The molecule has 0 unspecified atom stereocenters. The molecular weight excluding hydrogens is 332 g/mol. The van der Waals surface area contributed by atoms with Crippen LogP contribution >= 0.6 is 0 Å². The van der Waals surface area contributed by atoms with Gasteiger partial charge in [0.1, 0.15) is 5.60 Å². The fraction of sp³-hybridized carbons (Fsp3) is 0.550. The van der Waals surface area contributed by atoms with Crippen molar-refractivity contribution in [2.45, 2.75) is 59.1 Å². The van der Waals surface area contributed by atoms with Gasteiger partial charge in [0.05, 0.1) is 6.04 Å². The summed E-state index contributed by atoms with van der Waals surface area (Å²) in [6.45, 7) is 9.79. The van der Waals surface area contributed by atoms with E-state index in [-0.39, 0.29) is 18.2 Å². The van der Waals surface area contributed by atoms with Crippen molar-refractivity contribution in [1.29, 1.82) is 0 Å². The van der Waals surface area contributed by atoms with Crippen molar-refractivity contribution in [3.8, 4) is 0 Å². The molecule has 1 atom stereocenters. The molecule has 0 saturated carbocycles. The van der Waals surface area contributed by atoms with Gasteiger partial charge in [0, 0.05) is 25.1 Å². The maximum Gasteiger partial charge on any atom is 0.407 e. The number of aryl methyl sites for hydroxylation is 1. The van der Waals surface area contributed by atoms with Crippen LogP contribution in [-0.4, -0.2) is 47.4 Å². The van der Waals surface area contributed by atoms with Crippen molar-refractivity contribution in [2.24, 2.45) is 0 Å². The van der Waals surface area contributed by atoms with Gasteiger partial charge in [0.25, 0.3) is 0 Å². The minimum Gasteiger partial charge on any atom is -0.444 e. The zero-order valence-electron chi connectivity index (χ0n) is 16.2. The predicted molar refractivity (Wildman–Crippen MR) is 99.2 cm³/mol. The number of carbonyl (C=O) groups is 3. The Kier molecular flexibility index (Phi) is 6.05. The Morgan fingerprint density at radius 1 is 1.27 bits per heavy atom. The zero-order valence-corrected chi connectivity index (χ0v) is 16.2. The summed E-state index contributed by atoms with van der Waals surface area (Å²) in [4.78, 5) is 38.5. The highest BCUT2D eigenvalue weighted by atomic mass is 16.6. The molecule has 1 saturated heterocycles. The molecule has 1 fully saturated rings. The largest absolute Gasteiger partial charge is 0.444 e. The third-order valence-corrected chi connectivity index (χ3v) is 4.52. The fourth-order valence-corrected chi connectivity index (χ4v) is 3.08. The summed E-state index contributed by atoms with van der Waals surface area (Å²) < 4.78 is 5.18. The van der Waals surface area contributed by atoms with Crippen molar-refractivity contribution in [3.05, 3.63) is 34.9 Å². The number of alkyl carbamates (subject to hydrolysis) is 1. The Morgan fingerprint density at radius 2 is 1.96 bits per heavy atom. The molecule has 6 nitrogen and oxygen atoms in total. The van der Waals surface area contributed by atoms with Crippen molar-refractivity contribution in [2.75, 3.05) is 13.1 Å². The molecule has 0 aromatic heterocycles. The molecule has 26 heavy (non-hydrogen) atoms. The normalized spacial score (nSPS) is 17.3. The number of nitrogens with zero attached hydrogens (tertiary/aromatic N) is 1. The Labute approximate surface area is 154 Å². The number of amides is 2. The van der Waals surface area contributed by atoms with Crippen LogP contribution in [0.15, 0.2) is 18.2 Å². The smallest absolute Gasteiger partial charge is 0.407 e. The lowest BCUT2D eigenvalue weighted by Crippen LogP contribution is -2.44. The van der Waals surface area contributed by atoms with Crippen molar-refractivity contribution in [1.82, 2.24) is 10.2 Å². The molecule has 0 bridgehead atoms. The topological polar surface area (TPSA) is 75.7 Å². The van der Waals surface area contributed by atoms with Crippen LogP contribution in [0.25, 0.3) is 0 Å². The van der Waals surface area contributed by atoms with Crippen LogP contribution in [0.1, 0.15) is 55.1 Å². The van der Waals surface area contributed by atoms with Crippen molar-refractivity contribution in [3.63, 3.8) is 0 Å². The van der Waals surface area contributed by atoms with E-state index in [2.05, 4.69) is 5.32 Å². The van der Waals surface area contributed by atoms with E-state index in [0.717, 1.165) is 11.1 Å². The maximum absolute atomic E-state index is 13.0. The van der Waals surface area contributed by atoms with Crippen molar-refractivity contribution >= 4 is 17.8 Å². The van der Waals surface area contributed by atoms with Crippen LogP contribution in [0.3, 0.4) is 0 Å². The Bertz CT molecular complexity index is 706. The molecule has 2 rings (SSSR count). The van der Waals surface area contributed by atoms with Crippen LogP contribution in [0.5, 0.6) is 0 Å². The van der Waals surface area contributed by atoms with E-state index in [0.29, 0.717) is 24.9 Å². The van der Waals surface area contributed by atoms with Crippen LogP contribution in [0, 0.1) is 13.8 Å². The highest BCUT2D eigenvalue weighted by Crippen LogP contribution is 2.24. The number of hydrogen-bond acceptors (Lipinski definition) is 4. The highest BCUT2D eigenvalue weighted by Gasteiger charge is 2.36. The summed E-state index contributed by atoms with van der Waals surface area (Å²) in [5, 5.41) is 2.64. The third-order valence-electron chi connectivity index (χ3n) is 4.52. The predicted octanol–water partition coefficient (Wildman–Crippen LogP) is 3.00. The number of carbonyl (C=O) groups excluding carboxylic acids is 3. The lowest BCUT2D eigenvalue weighted by molar-refractivity contribution is -0.128. The average Bonchev–Trinajstić information content (AvgIpc) is 2.89. The second-order valence-electron chi connectivity index (χ2n) is 7.68. The van der Waals surface area contributed by atoms with Gasteiger partial charge in [-0.25, -0.2) is 4.79 Å². The third kappa shape index (κ3) is 4.84. The molecule has 1 aliphatic rings. The van der Waals surface area contributed by atoms with E-state index < -0.39 is 17.7 Å². The first-order chi connectivity index (χ1) is 12.1. The number of hydrogen-bond donors (Lipinski definition) is 1. The van der Waals surface area contributed by atoms with Gasteiger partial charge in [-0.1, -0.05) is 18.2 Å². The monoisotopic (exact) mass is 360 g/mol. The van der Waals surface area contributed by atoms with Gasteiger partial charge in [-0.3, -0.25) is 9.59 Å². The maximum atomic E-state index is 13.0. The van der Waals surface area contributed by atoms with Gasteiger partial charge in [0.2, 0.25) is 5.91 Å². The molecule has 1 aromatic rings. The van der Waals surface area contributed by atoms with Crippen molar-refractivity contribution < 1.29 is 19.1 Å². The van der Waals surface area contributed by atoms with Gasteiger partial charge >= 0.3 is 6.09 Å². The number of benzene rings is 1. The Balaban J connectivity index is 2.01. The molecule has 6 heteroatoms. The van der Waals surface area contributed by atoms with E-state index in [1.165, 1.54) is 0 Å². The zero-order chi connectivity index (χ0) is 19.5. The quantitative estimate of drug-likeness (QED) is 0.819. The highest BCUT2D eigenvalue weighted by molar-refractivity contribution is 6.04. The summed E-state index contributed by atoms with van der Waals surface area (Å²) >= 11 is 0. The van der Waals surface area contributed by atoms with Crippen LogP contribution in [0.4, 0.5) is 4.79 Å². The van der Waals surface area contributed by atoms with Gasteiger partial charge in [-0.15, -0.1) is 0 Å². The van der Waals surface area contributed by atoms with Gasteiger partial charge in [0.15, 0.2) is 5.78 Å². The van der Waals surface area contributed by atoms with Gasteiger partial charge in [-0.2, -0.15) is 0 Å². The molecular formula is C20H28N2O4. The second-order valence-corrected chi connectivity index (χ2v) is 7.68. The molecule has 1 aromatic carbocycles. The Morgan fingerprint density at radius 3 is 2.62 bits per heavy atom. The first-order valence-electron chi connectivity index (χ1n) is 8.97. The molecule has 1 N–H and O–H groups in total. The fourth-order valence-electron chi connectivity index (χ4n) is 3.08. The number of ether oxygens (including phenoxy) is 1. The average molecular weight is 360 g/mol. The molecule has 1 aliphatic heterocycles. The number of rotatable bonds is 5. The first kappa shape index (κ1) is 19.9. The first-order valence-corrected chi connectivity index (χ1v) is 8.97. The summed E-state index contributed by atoms with van der Waals surface area (Å²) in [5.41, 5.74) is 2.09. The minimum absolute atomic E-state index is 0.0330. The lowest BCUT2D eigenvalue weighted by atomic mass is 9.95. The second kappa shape index (κ2) is 7.89. The molecule has 1 heterocycles. The van der Waals surface area contributed by atoms with E-state index in [9.17, 15) is 14.4 Å². The van der Waals surface area contributed by atoms with E-state index in [1.54, 1.807) is 25.7 Å². The van der Waals surface area contributed by atoms with E-state index in [1.807, 2.05) is 32.0 Å². The number of ketones is 1. The van der Waals surface area contributed by atoms with Gasteiger partial charge < -0.3 is 15.0 Å². The summed E-state index contributed by atoms with van der Waals surface area (Å²) in [6, 6.07) is 5.17. The summed E-state index contributed by atoms with van der Waals surface area (Å²) in [5.74, 6) is -0.0889. The molecule has 2 amide bonds. The molecule has 0 radical (unpaired) electrons. The summed E-state index contributed by atoms with van der Waals surface area (Å²) in [7, 11) is 0. The van der Waals surface area contributed by atoms with E-state index >= 15 is 0 Å². The SMILES string of the molecule is Cc1cccc(C(=O)[C@@H]2CCC(=O)N2CCNC(=O)OC(C)(C)C)c1C.